The van der Waals surface area contributed by atoms with Crippen molar-refractivity contribution in [3.8, 4) is 5.75 Å². The first kappa shape index (κ1) is 30.7. The van der Waals surface area contributed by atoms with Crippen molar-refractivity contribution in [2.75, 3.05) is 32.1 Å². The summed E-state index contributed by atoms with van der Waals surface area (Å²) in [7, 11) is 1.71. The molecule has 3 heterocycles. The fourth-order valence-electron chi connectivity index (χ4n) is 6.38. The average Bonchev–Trinajstić information content (AvgIpc) is 3.47. The Labute approximate surface area is 260 Å². The molecular weight excluding hydrogens is 582 g/mol. The Kier molecular flexibility index (Phi) is 9.09. The predicted molar refractivity (Wildman–Crippen MR) is 163 cm³/mol. The van der Waals surface area contributed by atoms with E-state index < -0.39 is 23.6 Å². The van der Waals surface area contributed by atoms with E-state index in [-0.39, 0.29) is 54.2 Å². The molecule has 6 rings (SSSR count). The number of likely N-dealkylation sites (N-methyl/N-ethyl adjacent to an activating group) is 1. The molecule has 3 aromatic carbocycles. The molecule has 0 bridgehead atoms. The van der Waals surface area contributed by atoms with Crippen molar-refractivity contribution in [2.24, 2.45) is 0 Å². The summed E-state index contributed by atoms with van der Waals surface area (Å²) in [5.74, 6) is -2.82. The van der Waals surface area contributed by atoms with E-state index in [9.17, 15) is 23.2 Å². The van der Waals surface area contributed by atoms with Crippen molar-refractivity contribution in [2.45, 2.75) is 56.5 Å². The molecule has 3 amide bonds. The van der Waals surface area contributed by atoms with E-state index in [2.05, 4.69) is 27.7 Å². The molecule has 2 N–H and O–H groups in total. The molecule has 3 aromatic rings. The molecule has 3 aliphatic heterocycles. The van der Waals surface area contributed by atoms with Crippen LogP contribution in [0, 0.1) is 11.6 Å². The third-order valence-electron chi connectivity index (χ3n) is 8.75. The number of nitrogens with one attached hydrogen (secondary N) is 2. The maximum atomic E-state index is 13.6. The number of hydrogen-bond donors (Lipinski definition) is 2. The Hall–Kier alpha value is -4.35. The number of benzene rings is 3. The van der Waals surface area contributed by atoms with Crippen LogP contribution in [0.5, 0.6) is 5.75 Å². The molecule has 0 unspecified atom stereocenters. The first-order chi connectivity index (χ1) is 21.7. The number of carbonyl (C=O) groups excluding carboxylic acids is 3. The number of nitrogens with zero attached hydrogens (tertiary/aromatic N) is 2. The van der Waals surface area contributed by atoms with Crippen molar-refractivity contribution in [3.63, 3.8) is 0 Å². The molecule has 0 spiro atoms. The van der Waals surface area contributed by atoms with Crippen LogP contribution in [0.3, 0.4) is 0 Å². The Bertz CT molecular complexity index is 1570. The highest BCUT2D eigenvalue weighted by atomic mass is 19.2. The first-order valence-corrected chi connectivity index (χ1v) is 15.2. The van der Waals surface area contributed by atoms with E-state index in [1.54, 1.807) is 24.1 Å². The average molecular weight is 619 g/mol. The molecule has 11 heteroatoms. The van der Waals surface area contributed by atoms with Gasteiger partial charge in [0, 0.05) is 44.0 Å². The van der Waals surface area contributed by atoms with Gasteiger partial charge in [-0.1, -0.05) is 30.3 Å². The highest BCUT2D eigenvalue weighted by Gasteiger charge is 2.39. The van der Waals surface area contributed by atoms with E-state index in [0.717, 1.165) is 38.2 Å². The molecule has 45 heavy (non-hydrogen) atoms. The van der Waals surface area contributed by atoms with Crippen molar-refractivity contribution in [1.29, 1.82) is 0 Å². The standard InChI is InChI=1S/C34H36F2N4O5/c1-39-29-11-9-25(17-32(41)37-24-13-14-40(19-24)18-21-5-3-2-4-6-21)45-31(29)20-44-30-12-8-23(16-26(30)34(39)43)38-33(42)22-7-10-27(35)28(36)15-22/h2-8,10,12,15-16,24-25,29,31H,9,11,13-14,17-20H2,1H3,(H,37,41)(H,38,42)/t24-,25-,29+,31-/m0/s1. The van der Waals surface area contributed by atoms with Gasteiger partial charge >= 0.3 is 0 Å². The number of halogens is 2. The molecule has 236 valence electrons. The van der Waals surface area contributed by atoms with Crippen molar-refractivity contribution in [1.82, 2.24) is 15.1 Å². The van der Waals surface area contributed by atoms with Crippen LogP contribution in [-0.2, 0) is 16.1 Å². The number of hydrogen-bond acceptors (Lipinski definition) is 6. The quantitative estimate of drug-likeness (QED) is 0.408. The Morgan fingerprint density at radius 1 is 0.978 bits per heavy atom. The van der Waals surface area contributed by atoms with E-state index in [1.807, 2.05) is 18.2 Å². The third-order valence-corrected chi connectivity index (χ3v) is 8.75. The van der Waals surface area contributed by atoms with Gasteiger partial charge in [0.2, 0.25) is 5.91 Å². The number of likely N-dealkylation sites (tertiary alicyclic amines) is 1. The number of carbonyl (C=O) groups is 3. The smallest absolute Gasteiger partial charge is 0.257 e. The van der Waals surface area contributed by atoms with E-state index in [1.165, 1.54) is 17.7 Å². The lowest BCUT2D eigenvalue weighted by Gasteiger charge is -2.42. The molecule has 3 aliphatic rings. The van der Waals surface area contributed by atoms with Crippen LogP contribution in [0.25, 0.3) is 0 Å². The Morgan fingerprint density at radius 3 is 2.60 bits per heavy atom. The van der Waals surface area contributed by atoms with Crippen molar-refractivity contribution in [3.05, 3.63) is 95.1 Å². The lowest BCUT2D eigenvalue weighted by atomic mass is 9.94. The molecular formula is C34H36F2N4O5. The molecule has 4 atom stereocenters. The van der Waals surface area contributed by atoms with Gasteiger partial charge < -0.3 is 25.0 Å². The third kappa shape index (κ3) is 7.15. The largest absolute Gasteiger partial charge is 0.490 e. The van der Waals surface area contributed by atoms with Crippen molar-refractivity contribution < 1.29 is 32.6 Å². The number of ether oxygens (including phenoxy) is 2. The van der Waals surface area contributed by atoms with Gasteiger partial charge in [0.05, 0.1) is 24.1 Å². The zero-order chi connectivity index (χ0) is 31.5. The predicted octanol–water partition coefficient (Wildman–Crippen LogP) is 4.38. The van der Waals surface area contributed by atoms with E-state index in [4.69, 9.17) is 9.47 Å². The zero-order valence-corrected chi connectivity index (χ0v) is 25.0. The summed E-state index contributed by atoms with van der Waals surface area (Å²) in [6.45, 7) is 2.80. The van der Waals surface area contributed by atoms with E-state index in [0.29, 0.717) is 24.3 Å². The van der Waals surface area contributed by atoms with Crippen LogP contribution in [0.15, 0.2) is 66.7 Å². The number of anilines is 1. The van der Waals surface area contributed by atoms with Gasteiger partial charge in [-0.25, -0.2) is 8.78 Å². The van der Waals surface area contributed by atoms with Crippen molar-refractivity contribution >= 4 is 23.4 Å². The molecule has 9 nitrogen and oxygen atoms in total. The first-order valence-electron chi connectivity index (χ1n) is 15.2. The van der Waals surface area contributed by atoms with Crippen LogP contribution in [0.1, 0.15) is 52.0 Å². The lowest BCUT2D eigenvalue weighted by molar-refractivity contribution is -0.134. The Morgan fingerprint density at radius 2 is 1.80 bits per heavy atom. The summed E-state index contributed by atoms with van der Waals surface area (Å²) in [5, 5.41) is 5.80. The highest BCUT2D eigenvalue weighted by molar-refractivity contribution is 6.05. The van der Waals surface area contributed by atoms with Crippen LogP contribution < -0.4 is 15.4 Å². The maximum absolute atomic E-state index is 13.6. The number of fused-ring (bicyclic) bond motifs is 2. The molecule has 0 radical (unpaired) electrons. The lowest BCUT2D eigenvalue weighted by Crippen LogP contribution is -2.54. The second-order valence-corrected chi connectivity index (χ2v) is 11.9. The zero-order valence-electron chi connectivity index (χ0n) is 25.0. The fraction of sp³-hybridized carbons (Fsp3) is 0.382. The van der Waals surface area contributed by atoms with Crippen LogP contribution in [0.4, 0.5) is 14.5 Å². The minimum absolute atomic E-state index is 0.0375. The van der Waals surface area contributed by atoms with Gasteiger partial charge in [0.1, 0.15) is 18.5 Å². The normalized spacial score (nSPS) is 23.3. The van der Waals surface area contributed by atoms with E-state index >= 15 is 0 Å². The molecule has 0 aliphatic carbocycles. The summed E-state index contributed by atoms with van der Waals surface area (Å²) < 4.78 is 39.2. The molecule has 2 saturated heterocycles. The van der Waals surface area contributed by atoms with Gasteiger partial charge in [-0.05, 0) is 61.2 Å². The second kappa shape index (κ2) is 13.3. The summed E-state index contributed by atoms with van der Waals surface area (Å²) in [4.78, 5) is 43.1. The van der Waals surface area contributed by atoms with Crippen LogP contribution in [-0.4, -0.2) is 78.6 Å². The number of rotatable bonds is 7. The molecule has 2 fully saturated rings. The van der Waals surface area contributed by atoms with Gasteiger partial charge in [-0.2, -0.15) is 0 Å². The minimum atomic E-state index is -1.13. The van der Waals surface area contributed by atoms with Gasteiger partial charge in [-0.15, -0.1) is 0 Å². The minimum Gasteiger partial charge on any atom is -0.490 e. The highest BCUT2D eigenvalue weighted by Crippen LogP contribution is 2.33. The summed E-state index contributed by atoms with van der Waals surface area (Å²) in [6.07, 6.45) is 1.71. The molecule has 0 aromatic heterocycles. The monoisotopic (exact) mass is 618 g/mol. The molecule has 0 saturated carbocycles. The SMILES string of the molecule is CN1C(=O)c2cc(NC(=O)c3ccc(F)c(F)c3)ccc2OC[C@@H]2O[C@H](CC(=O)N[C@H]3CCN(Cc4ccccc4)C3)CC[C@H]21. The summed E-state index contributed by atoms with van der Waals surface area (Å²) in [6, 6.07) is 17.7. The van der Waals surface area contributed by atoms with Gasteiger partial charge in [0.15, 0.2) is 11.6 Å². The maximum Gasteiger partial charge on any atom is 0.257 e. The topological polar surface area (TPSA) is 100 Å². The van der Waals surface area contributed by atoms with Crippen LogP contribution in [0.2, 0.25) is 0 Å². The summed E-state index contributed by atoms with van der Waals surface area (Å²) in [5.41, 5.74) is 1.77. The van der Waals surface area contributed by atoms with Gasteiger partial charge in [-0.3, -0.25) is 19.3 Å². The summed E-state index contributed by atoms with van der Waals surface area (Å²) >= 11 is 0. The Balaban J connectivity index is 1.04. The number of amides is 3. The fourth-order valence-corrected chi connectivity index (χ4v) is 6.38. The second-order valence-electron chi connectivity index (χ2n) is 11.9. The van der Waals surface area contributed by atoms with Gasteiger partial charge in [0.25, 0.3) is 11.8 Å². The van der Waals surface area contributed by atoms with Crippen LogP contribution >= 0.6 is 0 Å².